The molecule has 0 aliphatic rings. The van der Waals surface area contributed by atoms with Crippen molar-refractivity contribution in [2.24, 2.45) is 0 Å². The molecule has 0 aliphatic carbocycles. The molecular weight excluding hydrogens is 242 g/mol. The fourth-order valence-electron chi connectivity index (χ4n) is 1.94. The molecule has 5 nitrogen and oxygen atoms in total. The van der Waals surface area contributed by atoms with E-state index in [1.165, 1.54) is 0 Å². The van der Waals surface area contributed by atoms with Crippen molar-refractivity contribution in [3.8, 4) is 0 Å². The maximum atomic E-state index is 5.76. The van der Waals surface area contributed by atoms with Gasteiger partial charge in [0.15, 0.2) is 0 Å². The second-order valence-electron chi connectivity index (χ2n) is 4.33. The third-order valence-electron chi connectivity index (χ3n) is 2.97. The van der Waals surface area contributed by atoms with Crippen molar-refractivity contribution in [2.75, 3.05) is 38.4 Å². The zero-order valence-corrected chi connectivity index (χ0v) is 11.2. The molecule has 0 aliphatic heterocycles. The minimum Gasteiger partial charge on any atom is -0.399 e. The lowest BCUT2D eigenvalue weighted by atomic mass is 10.1. The molecule has 1 aromatic carbocycles. The molecule has 0 spiro atoms. The third kappa shape index (κ3) is 3.33. The van der Waals surface area contributed by atoms with Crippen LogP contribution < -0.4 is 11.1 Å². The summed E-state index contributed by atoms with van der Waals surface area (Å²) in [5.41, 5.74) is 8.37. The standard InChI is InChI=1S/C14H19N3O2/c1-18-9-11(19-2)8-17-13-5-6-16-14-7-10(15)3-4-12(13)14/h3-7,11H,8-9,15H2,1-2H3,(H,16,17). The Balaban J connectivity index is 2.16. The highest BCUT2D eigenvalue weighted by atomic mass is 16.5. The van der Waals surface area contributed by atoms with Gasteiger partial charge in [0.1, 0.15) is 0 Å². The van der Waals surface area contributed by atoms with Crippen molar-refractivity contribution in [2.45, 2.75) is 6.10 Å². The van der Waals surface area contributed by atoms with Gasteiger partial charge >= 0.3 is 0 Å². The van der Waals surface area contributed by atoms with Crippen LogP contribution in [0, 0.1) is 0 Å². The Bertz CT molecular complexity index is 545. The number of hydrogen-bond donors (Lipinski definition) is 2. The van der Waals surface area contributed by atoms with E-state index in [0.717, 1.165) is 16.6 Å². The molecule has 102 valence electrons. The lowest BCUT2D eigenvalue weighted by Gasteiger charge is -2.16. The molecule has 2 rings (SSSR count). The summed E-state index contributed by atoms with van der Waals surface area (Å²) < 4.78 is 10.4. The van der Waals surface area contributed by atoms with E-state index in [1.807, 2.05) is 24.3 Å². The number of pyridine rings is 1. The number of fused-ring (bicyclic) bond motifs is 1. The average molecular weight is 261 g/mol. The minimum absolute atomic E-state index is 0.0157. The second-order valence-corrected chi connectivity index (χ2v) is 4.33. The van der Waals surface area contributed by atoms with Crippen LogP contribution in [0.1, 0.15) is 0 Å². The fraction of sp³-hybridized carbons (Fsp3) is 0.357. The summed E-state index contributed by atoms with van der Waals surface area (Å²) in [7, 11) is 3.34. The van der Waals surface area contributed by atoms with E-state index >= 15 is 0 Å². The molecule has 0 saturated heterocycles. The second kappa shape index (κ2) is 6.36. The summed E-state index contributed by atoms with van der Waals surface area (Å²) >= 11 is 0. The Kier molecular flexibility index (Phi) is 4.54. The maximum absolute atomic E-state index is 5.76. The summed E-state index contributed by atoms with van der Waals surface area (Å²) in [5, 5.41) is 4.40. The number of nitrogen functional groups attached to an aromatic ring is 1. The van der Waals surface area contributed by atoms with Gasteiger partial charge in [0.05, 0.1) is 18.2 Å². The van der Waals surface area contributed by atoms with Crippen molar-refractivity contribution in [1.29, 1.82) is 0 Å². The Labute approximate surface area is 112 Å². The maximum Gasteiger partial charge on any atom is 0.0976 e. The molecule has 3 N–H and O–H groups in total. The predicted molar refractivity (Wildman–Crippen MR) is 77.3 cm³/mol. The molecule has 0 bridgehead atoms. The van der Waals surface area contributed by atoms with Gasteiger partial charge in [-0.05, 0) is 24.3 Å². The normalized spacial score (nSPS) is 12.5. The minimum atomic E-state index is 0.0157. The number of nitrogens with zero attached hydrogens (tertiary/aromatic N) is 1. The van der Waals surface area contributed by atoms with Crippen LogP contribution in [0.3, 0.4) is 0 Å². The van der Waals surface area contributed by atoms with Crippen molar-refractivity contribution < 1.29 is 9.47 Å². The van der Waals surface area contributed by atoms with E-state index in [9.17, 15) is 0 Å². The van der Waals surface area contributed by atoms with Gasteiger partial charge in [-0.3, -0.25) is 4.98 Å². The monoisotopic (exact) mass is 261 g/mol. The lowest BCUT2D eigenvalue weighted by molar-refractivity contribution is 0.0366. The molecule has 1 heterocycles. The van der Waals surface area contributed by atoms with Crippen molar-refractivity contribution >= 4 is 22.3 Å². The van der Waals surface area contributed by atoms with Crippen molar-refractivity contribution in [3.05, 3.63) is 30.5 Å². The summed E-state index contributed by atoms with van der Waals surface area (Å²) in [5.74, 6) is 0. The lowest BCUT2D eigenvalue weighted by Crippen LogP contribution is -2.26. The molecule has 1 aromatic heterocycles. The number of anilines is 2. The number of ether oxygens (including phenoxy) is 2. The first-order valence-corrected chi connectivity index (χ1v) is 6.14. The molecule has 0 saturated carbocycles. The SMILES string of the molecule is COCC(CNc1ccnc2cc(N)ccc12)OC. The van der Waals surface area contributed by atoms with Gasteiger partial charge in [-0.25, -0.2) is 0 Å². The first-order chi connectivity index (χ1) is 9.24. The van der Waals surface area contributed by atoms with Crippen LogP contribution in [0.25, 0.3) is 10.9 Å². The van der Waals surface area contributed by atoms with Crippen LogP contribution in [0.15, 0.2) is 30.5 Å². The van der Waals surface area contributed by atoms with Gasteiger partial charge < -0.3 is 20.5 Å². The zero-order chi connectivity index (χ0) is 13.7. The van der Waals surface area contributed by atoms with E-state index in [2.05, 4.69) is 10.3 Å². The topological polar surface area (TPSA) is 69.4 Å². The number of rotatable bonds is 6. The Morgan fingerprint density at radius 3 is 2.89 bits per heavy atom. The molecule has 0 amide bonds. The Hall–Kier alpha value is -1.85. The number of aromatic nitrogens is 1. The smallest absolute Gasteiger partial charge is 0.0976 e. The fourth-order valence-corrected chi connectivity index (χ4v) is 1.94. The molecule has 2 aromatic rings. The van der Waals surface area contributed by atoms with Gasteiger partial charge in [0.25, 0.3) is 0 Å². The highest BCUT2D eigenvalue weighted by Gasteiger charge is 2.08. The average Bonchev–Trinajstić information content (AvgIpc) is 2.43. The van der Waals surface area contributed by atoms with E-state index in [1.54, 1.807) is 20.4 Å². The number of nitrogens with one attached hydrogen (secondary N) is 1. The quantitative estimate of drug-likeness (QED) is 0.777. The molecular formula is C14H19N3O2. The van der Waals surface area contributed by atoms with Crippen LogP contribution in [0.5, 0.6) is 0 Å². The highest BCUT2D eigenvalue weighted by molar-refractivity contribution is 5.92. The Morgan fingerprint density at radius 1 is 1.32 bits per heavy atom. The number of hydrogen-bond acceptors (Lipinski definition) is 5. The number of nitrogens with two attached hydrogens (primary N) is 1. The van der Waals surface area contributed by atoms with Gasteiger partial charge in [-0.15, -0.1) is 0 Å². The predicted octanol–water partition coefficient (Wildman–Crippen LogP) is 1.89. The van der Waals surface area contributed by atoms with E-state index in [0.29, 0.717) is 18.8 Å². The summed E-state index contributed by atoms with van der Waals surface area (Å²) in [4.78, 5) is 4.31. The van der Waals surface area contributed by atoms with Crippen LogP contribution in [0.4, 0.5) is 11.4 Å². The van der Waals surface area contributed by atoms with Crippen LogP contribution >= 0.6 is 0 Å². The molecule has 1 unspecified atom stereocenters. The largest absolute Gasteiger partial charge is 0.399 e. The first kappa shape index (κ1) is 13.6. The van der Waals surface area contributed by atoms with Crippen LogP contribution in [-0.2, 0) is 9.47 Å². The third-order valence-corrected chi connectivity index (χ3v) is 2.97. The first-order valence-electron chi connectivity index (χ1n) is 6.14. The Morgan fingerprint density at radius 2 is 2.16 bits per heavy atom. The number of methoxy groups -OCH3 is 2. The van der Waals surface area contributed by atoms with Gasteiger partial charge in [-0.2, -0.15) is 0 Å². The molecule has 1 atom stereocenters. The number of benzene rings is 1. The molecule has 0 radical (unpaired) electrons. The van der Waals surface area contributed by atoms with Gasteiger partial charge in [0.2, 0.25) is 0 Å². The summed E-state index contributed by atoms with van der Waals surface area (Å²) in [6.07, 6.45) is 1.78. The zero-order valence-electron chi connectivity index (χ0n) is 11.2. The molecule has 19 heavy (non-hydrogen) atoms. The molecule has 0 fully saturated rings. The van der Waals surface area contributed by atoms with Crippen LogP contribution in [-0.4, -0.2) is 38.5 Å². The molecule has 5 heteroatoms. The highest BCUT2D eigenvalue weighted by Crippen LogP contribution is 2.23. The van der Waals surface area contributed by atoms with Gasteiger partial charge in [0, 0.05) is 43.7 Å². The summed E-state index contributed by atoms with van der Waals surface area (Å²) in [6.45, 7) is 1.23. The van der Waals surface area contributed by atoms with Crippen molar-refractivity contribution in [1.82, 2.24) is 4.98 Å². The van der Waals surface area contributed by atoms with Crippen LogP contribution in [0.2, 0.25) is 0 Å². The van der Waals surface area contributed by atoms with E-state index in [-0.39, 0.29) is 6.10 Å². The van der Waals surface area contributed by atoms with Gasteiger partial charge in [-0.1, -0.05) is 0 Å². The van der Waals surface area contributed by atoms with E-state index < -0.39 is 0 Å². The van der Waals surface area contributed by atoms with Crippen molar-refractivity contribution in [3.63, 3.8) is 0 Å². The van der Waals surface area contributed by atoms with E-state index in [4.69, 9.17) is 15.2 Å². The summed E-state index contributed by atoms with van der Waals surface area (Å²) in [6, 6.07) is 7.65.